The highest BCUT2D eigenvalue weighted by atomic mass is 28.2. The Morgan fingerprint density at radius 3 is 0.739 bits per heavy atom. The summed E-state index contributed by atoms with van der Waals surface area (Å²) in [5.74, 6) is -6.00. The molecule has 0 aromatic heterocycles. The molecule has 4 rings (SSSR count). The number of hydrogen-bond donors (Lipinski definition) is 0. The predicted octanol–water partition coefficient (Wildman–Crippen LogP) is 8.69. The van der Waals surface area contributed by atoms with Crippen molar-refractivity contribution in [3.05, 3.63) is 164 Å². The molecule has 2 atom stereocenters. The predicted molar refractivity (Wildman–Crippen MR) is 341 cm³/mol. The maximum Gasteiger partial charge on any atom is 0.549 e. The van der Waals surface area contributed by atoms with Crippen LogP contribution in [0.1, 0.15) is 161 Å². The summed E-state index contributed by atoms with van der Waals surface area (Å²) in [6.07, 6.45) is 9.94. The Kier molecular flexibility index (Phi) is 33.6. The number of allylic oxidation sites excluding steroid dienone is 8. The van der Waals surface area contributed by atoms with Crippen LogP contribution in [0.4, 0.5) is 19.2 Å². The monoisotopic (exact) mass is 1280 g/mol. The summed E-state index contributed by atoms with van der Waals surface area (Å²) >= 11 is 0. The Hall–Kier alpha value is -8.33. The van der Waals surface area contributed by atoms with Crippen LogP contribution in [0.3, 0.4) is 0 Å². The van der Waals surface area contributed by atoms with Gasteiger partial charge in [0.25, 0.3) is 0 Å². The Morgan fingerprint density at radius 2 is 0.534 bits per heavy atom. The first-order chi connectivity index (χ1) is 42.5. The van der Waals surface area contributed by atoms with Gasteiger partial charge in [0.05, 0.1) is 86.8 Å². The van der Waals surface area contributed by atoms with Crippen molar-refractivity contribution in [1.82, 2.24) is 0 Å². The summed E-state index contributed by atoms with van der Waals surface area (Å²) in [5, 5.41) is 9.88. The highest BCUT2D eigenvalue weighted by Gasteiger charge is 2.29. The fraction of sp³-hybridized carbons (Fsp3) is 0.375. The van der Waals surface area contributed by atoms with Crippen LogP contribution < -0.4 is 20.7 Å². The maximum absolute atomic E-state index is 13.0. The van der Waals surface area contributed by atoms with Crippen LogP contribution in [-0.2, 0) is 58.0 Å². The summed E-state index contributed by atoms with van der Waals surface area (Å²) < 4.78 is 21.1. The minimum absolute atomic E-state index is 0.0935. The molecule has 4 aromatic carbocycles. The lowest BCUT2D eigenvalue weighted by atomic mass is 9.88. The zero-order valence-electron chi connectivity index (χ0n) is 51.6. The third kappa shape index (κ3) is 27.2. The largest absolute Gasteiger partial charge is 0.549 e. The molecule has 24 heteroatoms. The van der Waals surface area contributed by atoms with Gasteiger partial charge in [-0.15, -0.1) is 0 Å². The first-order valence-corrected chi connectivity index (χ1v) is 35.5. The lowest BCUT2D eigenvalue weighted by Crippen LogP contribution is -2.30. The van der Waals surface area contributed by atoms with E-state index in [4.69, 9.17) is 48.3 Å². The zero-order valence-corrected chi connectivity index (χ0v) is 57.3. The van der Waals surface area contributed by atoms with Gasteiger partial charge >= 0.3 is 48.5 Å². The normalized spacial score (nSPS) is 12.9. The SMILES string of the molecule is CCC=C(CC)[SiH2]c1ccc(C(=O)OOC(=O)OCCC(COC(=O)OOC(=O)c2ccc([SiH2]C(=CCC)CC)cc2)C(CCOC(=O)OOC(=O)c2ccc([SiH2]C(=CCC)CC)cc2)COC(=O)OOC(=O)c2ccc([SiH2]C(=CCC)CC)cc2)cc1. The Morgan fingerprint density at radius 1 is 0.318 bits per heavy atom. The number of carbonyl (C=O) groups is 8. The fourth-order valence-electron chi connectivity index (χ4n) is 9.03. The van der Waals surface area contributed by atoms with E-state index < -0.39 is 125 Å². The van der Waals surface area contributed by atoms with Crippen molar-refractivity contribution in [2.75, 3.05) is 26.4 Å². The molecule has 2 unspecified atom stereocenters. The summed E-state index contributed by atoms with van der Waals surface area (Å²) in [4.78, 5) is 141. The van der Waals surface area contributed by atoms with Gasteiger partial charge in [-0.2, -0.15) is 19.2 Å². The van der Waals surface area contributed by atoms with E-state index in [1.165, 1.54) is 20.8 Å². The van der Waals surface area contributed by atoms with E-state index >= 15 is 0 Å². The third-order valence-corrected chi connectivity index (χ3v) is 22.4. The first-order valence-electron chi connectivity index (χ1n) is 29.8. The minimum Gasteiger partial charge on any atom is -0.432 e. The van der Waals surface area contributed by atoms with Crippen molar-refractivity contribution in [2.45, 2.75) is 120 Å². The number of carbonyl (C=O) groups excluding carboxylic acids is 8. The van der Waals surface area contributed by atoms with Crippen LogP contribution in [0.25, 0.3) is 0 Å². The van der Waals surface area contributed by atoms with Crippen LogP contribution in [0.15, 0.2) is 142 Å². The molecule has 0 saturated carbocycles. The molecule has 0 N–H and O–H groups in total. The first kappa shape index (κ1) is 72.1. The molecule has 0 aliphatic heterocycles. The van der Waals surface area contributed by atoms with Crippen molar-refractivity contribution < 1.29 is 96.4 Å². The molecule has 0 aliphatic carbocycles. The van der Waals surface area contributed by atoms with Crippen LogP contribution >= 0.6 is 0 Å². The molecular formula is C64H82O20Si4. The molecule has 0 heterocycles. The van der Waals surface area contributed by atoms with Crippen molar-refractivity contribution in [3.8, 4) is 0 Å². The molecule has 0 amide bonds. The lowest BCUT2D eigenvalue weighted by Gasteiger charge is -2.25. The molecule has 0 fully saturated rings. The van der Waals surface area contributed by atoms with Crippen LogP contribution in [0.2, 0.25) is 0 Å². The number of hydrogen-bond acceptors (Lipinski definition) is 20. The molecule has 0 bridgehead atoms. The van der Waals surface area contributed by atoms with Crippen molar-refractivity contribution in [2.24, 2.45) is 11.8 Å². The molecule has 4 aromatic rings. The van der Waals surface area contributed by atoms with E-state index in [-0.39, 0.29) is 35.1 Å². The summed E-state index contributed by atoms with van der Waals surface area (Å²) in [6.45, 7) is 14.4. The van der Waals surface area contributed by atoms with Gasteiger partial charge < -0.3 is 18.9 Å². The topological polar surface area (TPSA) is 247 Å². The quantitative estimate of drug-likeness (QED) is 0.0150. The van der Waals surface area contributed by atoms with Gasteiger partial charge in [0, 0.05) is 11.8 Å². The highest BCUT2D eigenvalue weighted by molar-refractivity contribution is 6.62. The molecule has 88 heavy (non-hydrogen) atoms. The van der Waals surface area contributed by atoms with E-state index in [0.29, 0.717) is 0 Å². The number of rotatable bonds is 31. The fourth-order valence-corrected chi connectivity index (χ4v) is 15.7. The van der Waals surface area contributed by atoms with Gasteiger partial charge in [-0.3, -0.25) is 0 Å². The number of ether oxygens (including phenoxy) is 4. The molecule has 0 aliphatic rings. The van der Waals surface area contributed by atoms with Crippen LogP contribution in [0, 0.1) is 11.8 Å². The molecule has 474 valence electrons. The Balaban J connectivity index is 1.48. The Labute approximate surface area is 523 Å². The summed E-state index contributed by atoms with van der Waals surface area (Å²) in [5.41, 5.74) is 0.414. The number of benzene rings is 4. The third-order valence-electron chi connectivity index (χ3n) is 13.9. The lowest BCUT2D eigenvalue weighted by molar-refractivity contribution is -0.208. The second-order valence-corrected chi connectivity index (χ2v) is 28.5. The van der Waals surface area contributed by atoms with Crippen molar-refractivity contribution in [3.63, 3.8) is 0 Å². The van der Waals surface area contributed by atoms with Gasteiger partial charge in [-0.25, -0.2) is 58.3 Å². The van der Waals surface area contributed by atoms with E-state index in [1.807, 2.05) is 48.5 Å². The standard InChI is InChI=1S/C64H82O20Si4/c1-9-17-49(13-5)85-53-29-21-43(22-30-53)57(65)77-81-61(69)73-39-37-47(41-75-63(71)83-79-59(67)45-25-33-55(34-26-45)87-51(15-7)19-11-3)48(42-76-64(72)84-80-60(68)46-27-35-56(36-28-46)88-52(16-8)20-12-4)38-40-74-62(70)82-78-58(66)44-23-31-54(32-24-44)86-50(14-6)18-10-2/h17-36,47-48H,9-16,37-42,85-88H2,1-8H3. The van der Waals surface area contributed by atoms with Crippen LogP contribution in [-0.4, -0.2) is 113 Å². The zero-order chi connectivity index (χ0) is 64.1. The molecule has 0 spiro atoms. The van der Waals surface area contributed by atoms with E-state index in [0.717, 1.165) is 72.1 Å². The van der Waals surface area contributed by atoms with Crippen molar-refractivity contribution in [1.29, 1.82) is 0 Å². The van der Waals surface area contributed by atoms with E-state index in [1.54, 1.807) is 48.5 Å². The van der Waals surface area contributed by atoms with Gasteiger partial charge in [0.15, 0.2) is 0 Å². The molecule has 0 saturated heterocycles. The average molecular weight is 1280 g/mol. The summed E-state index contributed by atoms with van der Waals surface area (Å²) in [7, 11) is -2.94. The average Bonchev–Trinajstić information content (AvgIpc) is 3.74. The van der Waals surface area contributed by atoms with Gasteiger partial charge in [0.1, 0.15) is 0 Å². The van der Waals surface area contributed by atoms with Gasteiger partial charge in [-0.05, 0) is 113 Å². The van der Waals surface area contributed by atoms with E-state index in [9.17, 15) is 38.4 Å². The highest BCUT2D eigenvalue weighted by Crippen LogP contribution is 2.23. The summed E-state index contributed by atoms with van der Waals surface area (Å²) in [6, 6.07) is 26.9. The maximum atomic E-state index is 13.0. The molecule has 0 radical (unpaired) electrons. The smallest absolute Gasteiger partial charge is 0.432 e. The van der Waals surface area contributed by atoms with Gasteiger partial charge in [-0.1, -0.05) is 170 Å². The van der Waals surface area contributed by atoms with Gasteiger partial charge in [0.2, 0.25) is 0 Å². The van der Waals surface area contributed by atoms with Crippen molar-refractivity contribution >= 4 is 107 Å². The molecule has 20 nitrogen and oxygen atoms in total. The molecular weight excluding hydrogens is 1200 g/mol. The Bertz CT molecular complexity index is 2810. The van der Waals surface area contributed by atoms with Crippen LogP contribution in [0.5, 0.6) is 0 Å². The minimum atomic E-state index is -1.48. The second kappa shape index (κ2) is 40.9. The van der Waals surface area contributed by atoms with E-state index in [2.05, 4.69) is 89.5 Å². The second-order valence-electron chi connectivity index (χ2n) is 20.2.